The SMILES string of the molecule is CCCCCC1CCC(c2ccc(C3COC(C4CCC(C(F)(F)Oc5cc(F)c(F)c(F)c5)CC4)OC3)cc2)CC1. The predicted octanol–water partition coefficient (Wildman–Crippen LogP) is 9.89. The minimum atomic E-state index is -3.64. The summed E-state index contributed by atoms with van der Waals surface area (Å²) in [5.74, 6) is -5.05. The van der Waals surface area contributed by atoms with Crippen LogP contribution in [0.1, 0.15) is 107 Å². The fraction of sp³-hybridized carbons (Fsp3) is 0.647. The molecule has 3 fully saturated rings. The Morgan fingerprint density at radius 2 is 1.33 bits per heavy atom. The van der Waals surface area contributed by atoms with Crippen LogP contribution >= 0.6 is 0 Å². The van der Waals surface area contributed by atoms with Crippen LogP contribution in [0.4, 0.5) is 22.0 Å². The Hall–Kier alpha value is -2.19. The molecule has 1 aliphatic heterocycles. The summed E-state index contributed by atoms with van der Waals surface area (Å²) in [7, 11) is 0. The Morgan fingerprint density at radius 1 is 0.762 bits per heavy atom. The van der Waals surface area contributed by atoms with E-state index < -0.39 is 41.5 Å². The van der Waals surface area contributed by atoms with Crippen LogP contribution in [0.5, 0.6) is 5.75 Å². The van der Waals surface area contributed by atoms with Crippen LogP contribution in [-0.4, -0.2) is 25.6 Å². The van der Waals surface area contributed by atoms with E-state index in [1.54, 1.807) is 0 Å². The van der Waals surface area contributed by atoms with Gasteiger partial charge in [-0.05, 0) is 74.3 Å². The number of ether oxygens (including phenoxy) is 3. The zero-order valence-corrected chi connectivity index (χ0v) is 24.4. The van der Waals surface area contributed by atoms with Crippen LogP contribution < -0.4 is 4.74 Å². The highest BCUT2D eigenvalue weighted by molar-refractivity contribution is 5.28. The monoisotopic (exact) mass is 594 g/mol. The molecule has 2 aliphatic carbocycles. The van der Waals surface area contributed by atoms with Gasteiger partial charge in [0.05, 0.1) is 19.1 Å². The van der Waals surface area contributed by atoms with Gasteiger partial charge in [0, 0.05) is 24.0 Å². The molecule has 2 saturated carbocycles. The van der Waals surface area contributed by atoms with Gasteiger partial charge in [0.25, 0.3) is 0 Å². The van der Waals surface area contributed by atoms with Gasteiger partial charge in [-0.2, -0.15) is 8.78 Å². The van der Waals surface area contributed by atoms with Crippen molar-refractivity contribution in [3.63, 3.8) is 0 Å². The summed E-state index contributed by atoms with van der Waals surface area (Å²) >= 11 is 0. The highest BCUT2D eigenvalue weighted by Crippen LogP contribution is 2.43. The van der Waals surface area contributed by atoms with Crippen LogP contribution in [0.15, 0.2) is 36.4 Å². The van der Waals surface area contributed by atoms with E-state index in [0.29, 0.717) is 44.1 Å². The number of hydrogen-bond donors (Lipinski definition) is 0. The number of alkyl halides is 2. The van der Waals surface area contributed by atoms with Crippen molar-refractivity contribution in [2.24, 2.45) is 17.8 Å². The van der Waals surface area contributed by atoms with E-state index in [1.165, 1.54) is 62.5 Å². The van der Waals surface area contributed by atoms with Gasteiger partial charge in [0.15, 0.2) is 23.7 Å². The largest absolute Gasteiger partial charge is 0.432 e. The summed E-state index contributed by atoms with van der Waals surface area (Å²) in [5.41, 5.74) is 2.62. The molecular formula is C34H43F5O3. The molecule has 3 aliphatic rings. The highest BCUT2D eigenvalue weighted by Gasteiger charge is 2.46. The molecule has 2 aromatic carbocycles. The first-order valence-corrected chi connectivity index (χ1v) is 15.8. The molecule has 0 spiro atoms. The minimum absolute atomic E-state index is 0.0156. The topological polar surface area (TPSA) is 27.7 Å². The maximum Gasteiger partial charge on any atom is 0.400 e. The predicted molar refractivity (Wildman–Crippen MR) is 151 cm³/mol. The molecule has 0 N–H and O–H groups in total. The molecule has 3 nitrogen and oxygen atoms in total. The molecule has 8 heteroatoms. The van der Waals surface area contributed by atoms with Crippen molar-refractivity contribution in [1.29, 1.82) is 0 Å². The minimum Gasteiger partial charge on any atom is -0.432 e. The molecule has 0 unspecified atom stereocenters. The third-order valence-electron chi connectivity index (χ3n) is 9.71. The van der Waals surface area contributed by atoms with E-state index in [4.69, 9.17) is 9.47 Å². The van der Waals surface area contributed by atoms with Crippen molar-refractivity contribution in [3.8, 4) is 5.75 Å². The lowest BCUT2D eigenvalue weighted by molar-refractivity contribution is -0.242. The average Bonchev–Trinajstić information content (AvgIpc) is 3.00. The second-order valence-corrected chi connectivity index (χ2v) is 12.6. The van der Waals surface area contributed by atoms with Crippen LogP contribution in [0, 0.1) is 35.2 Å². The molecule has 232 valence electrons. The van der Waals surface area contributed by atoms with E-state index in [-0.39, 0.29) is 24.7 Å². The van der Waals surface area contributed by atoms with Crippen LogP contribution in [0.2, 0.25) is 0 Å². The summed E-state index contributed by atoms with van der Waals surface area (Å²) in [5, 5.41) is 0. The summed E-state index contributed by atoms with van der Waals surface area (Å²) in [6.07, 6.45) is 7.74. The average molecular weight is 595 g/mol. The molecule has 0 amide bonds. The zero-order valence-electron chi connectivity index (χ0n) is 24.4. The van der Waals surface area contributed by atoms with Gasteiger partial charge in [-0.1, -0.05) is 56.9 Å². The quantitative estimate of drug-likeness (QED) is 0.156. The number of benzene rings is 2. The van der Waals surface area contributed by atoms with E-state index in [2.05, 4.69) is 35.9 Å². The molecule has 0 radical (unpaired) electrons. The highest BCUT2D eigenvalue weighted by atomic mass is 19.3. The van der Waals surface area contributed by atoms with Crippen molar-refractivity contribution in [1.82, 2.24) is 0 Å². The van der Waals surface area contributed by atoms with Crippen LogP contribution in [0.25, 0.3) is 0 Å². The fourth-order valence-electron chi connectivity index (χ4n) is 7.05. The van der Waals surface area contributed by atoms with Crippen molar-refractivity contribution in [2.75, 3.05) is 13.2 Å². The van der Waals surface area contributed by atoms with Gasteiger partial charge in [-0.3, -0.25) is 0 Å². The van der Waals surface area contributed by atoms with Gasteiger partial charge in [-0.15, -0.1) is 0 Å². The first-order chi connectivity index (χ1) is 20.2. The Kier molecular flexibility index (Phi) is 10.5. The summed E-state index contributed by atoms with van der Waals surface area (Å²) in [4.78, 5) is 0. The normalized spacial score (nSPS) is 28.9. The van der Waals surface area contributed by atoms with Gasteiger partial charge >= 0.3 is 6.11 Å². The van der Waals surface area contributed by atoms with Crippen molar-refractivity contribution in [3.05, 3.63) is 65.0 Å². The fourth-order valence-corrected chi connectivity index (χ4v) is 7.05. The van der Waals surface area contributed by atoms with Gasteiger partial charge in [0.2, 0.25) is 0 Å². The Labute approximate surface area is 246 Å². The number of unbranched alkanes of at least 4 members (excludes halogenated alkanes) is 2. The Morgan fingerprint density at radius 3 is 1.90 bits per heavy atom. The van der Waals surface area contributed by atoms with E-state index in [0.717, 1.165) is 5.92 Å². The second kappa shape index (κ2) is 14.1. The molecule has 0 bridgehead atoms. The molecule has 0 aromatic heterocycles. The standard InChI is InChI=1S/C34H43F5O3/c1-2-3-4-5-22-6-8-23(9-7-22)24-10-12-25(13-11-24)27-20-40-33(41-21-27)26-14-16-28(17-15-26)34(38,39)42-29-18-30(35)32(37)31(36)19-29/h10-13,18-19,22-23,26-28,33H,2-9,14-17,20-21H2,1H3. The summed E-state index contributed by atoms with van der Waals surface area (Å²) in [6.45, 7) is 3.30. The van der Waals surface area contributed by atoms with E-state index >= 15 is 0 Å². The van der Waals surface area contributed by atoms with E-state index in [9.17, 15) is 22.0 Å². The van der Waals surface area contributed by atoms with Crippen LogP contribution in [-0.2, 0) is 9.47 Å². The van der Waals surface area contributed by atoms with Crippen molar-refractivity contribution >= 4 is 0 Å². The molecule has 1 heterocycles. The Balaban J connectivity index is 1.05. The molecule has 0 atom stereocenters. The smallest absolute Gasteiger partial charge is 0.400 e. The molecule has 5 rings (SSSR count). The maximum atomic E-state index is 14.8. The van der Waals surface area contributed by atoms with Gasteiger partial charge < -0.3 is 14.2 Å². The van der Waals surface area contributed by atoms with Crippen molar-refractivity contribution < 1.29 is 36.2 Å². The van der Waals surface area contributed by atoms with Crippen LogP contribution in [0.3, 0.4) is 0 Å². The molecular weight excluding hydrogens is 551 g/mol. The van der Waals surface area contributed by atoms with Gasteiger partial charge in [0.1, 0.15) is 5.75 Å². The third kappa shape index (κ3) is 7.65. The number of rotatable bonds is 10. The Bertz CT molecular complexity index is 1110. The summed E-state index contributed by atoms with van der Waals surface area (Å²) in [6, 6.07) is 9.81. The second-order valence-electron chi connectivity index (χ2n) is 12.6. The summed E-state index contributed by atoms with van der Waals surface area (Å²) < 4.78 is 86.3. The molecule has 1 saturated heterocycles. The number of hydrogen-bond acceptors (Lipinski definition) is 3. The molecule has 42 heavy (non-hydrogen) atoms. The van der Waals surface area contributed by atoms with Gasteiger partial charge in [-0.25, -0.2) is 13.2 Å². The van der Waals surface area contributed by atoms with E-state index in [1.807, 2.05) is 0 Å². The lowest BCUT2D eigenvalue weighted by atomic mass is 9.77. The third-order valence-corrected chi connectivity index (χ3v) is 9.71. The first-order valence-electron chi connectivity index (χ1n) is 15.8. The first kappa shape index (κ1) is 31.2. The lowest BCUT2D eigenvalue weighted by Gasteiger charge is -2.39. The maximum absolute atomic E-state index is 14.8. The molecule has 2 aromatic rings. The zero-order chi connectivity index (χ0) is 29.7. The van der Waals surface area contributed by atoms with Crippen molar-refractivity contribution in [2.45, 2.75) is 108 Å². The number of halogens is 5. The lowest BCUT2D eigenvalue weighted by Crippen LogP contribution is -2.41.